The average molecular weight is 702 g/mol. The first-order valence-electron chi connectivity index (χ1n) is 16.0. The van der Waals surface area contributed by atoms with E-state index >= 15 is 0 Å². The van der Waals surface area contributed by atoms with Crippen LogP contribution in [0, 0.1) is 0 Å². The Morgan fingerprint density at radius 2 is 1.60 bits per heavy atom. The number of halogens is 3. The highest BCUT2D eigenvalue weighted by Gasteiger charge is 2.31. The fraction of sp³-hybridized carbons (Fsp3) is 0.412. The van der Waals surface area contributed by atoms with E-state index in [1.54, 1.807) is 11.0 Å². The summed E-state index contributed by atoms with van der Waals surface area (Å²) >= 11 is 0. The normalized spacial score (nSPS) is 12.8. The standard InChI is InChI=1S/C34H38F3N5O8/c35-34(36,37)50-26-3-1-2-23(18-26)19-29(43)42-8-6-25-20-24(4-5-28(25)42)27-21-41(33-31(27)32(38)39-22-40-33)9-11-47-13-15-49-17-16-48-14-12-46-10-7-30(44)45/h1-5,18,20-22H,6-17,19H2,(H,44,45)(H2,38,39,40). The predicted molar refractivity (Wildman–Crippen MR) is 176 cm³/mol. The van der Waals surface area contributed by atoms with Gasteiger partial charge in [0, 0.05) is 30.5 Å². The van der Waals surface area contributed by atoms with Gasteiger partial charge in [-0.05, 0) is 47.4 Å². The molecule has 0 aliphatic carbocycles. The molecule has 0 saturated carbocycles. The number of benzene rings is 2. The van der Waals surface area contributed by atoms with Crippen LogP contribution in [0.1, 0.15) is 17.5 Å². The van der Waals surface area contributed by atoms with Gasteiger partial charge in [-0.1, -0.05) is 18.2 Å². The van der Waals surface area contributed by atoms with Gasteiger partial charge in [0.05, 0.1) is 71.1 Å². The summed E-state index contributed by atoms with van der Waals surface area (Å²) < 4.78 is 65.7. The molecule has 0 fully saturated rings. The van der Waals surface area contributed by atoms with Crippen molar-refractivity contribution in [2.75, 3.05) is 70.0 Å². The van der Waals surface area contributed by atoms with Crippen LogP contribution in [-0.4, -0.2) is 97.3 Å². The minimum atomic E-state index is -4.82. The molecule has 268 valence electrons. The van der Waals surface area contributed by atoms with Crippen molar-refractivity contribution >= 4 is 34.4 Å². The second-order valence-corrected chi connectivity index (χ2v) is 11.3. The molecule has 4 aromatic rings. The van der Waals surface area contributed by atoms with Crippen molar-refractivity contribution in [3.8, 4) is 16.9 Å². The second kappa shape index (κ2) is 17.2. The summed E-state index contributed by atoms with van der Waals surface area (Å²) in [5, 5.41) is 9.27. The highest BCUT2D eigenvalue weighted by molar-refractivity contribution is 6.02. The van der Waals surface area contributed by atoms with Crippen molar-refractivity contribution in [2.45, 2.75) is 32.2 Å². The number of amides is 1. The van der Waals surface area contributed by atoms with Crippen molar-refractivity contribution in [3.05, 3.63) is 66.1 Å². The maximum absolute atomic E-state index is 13.2. The number of fused-ring (bicyclic) bond motifs is 2. The number of carbonyl (C=O) groups excluding carboxylic acids is 1. The first kappa shape index (κ1) is 36.5. The van der Waals surface area contributed by atoms with Gasteiger partial charge in [-0.2, -0.15) is 0 Å². The van der Waals surface area contributed by atoms with Crippen molar-refractivity contribution in [3.63, 3.8) is 0 Å². The van der Waals surface area contributed by atoms with Gasteiger partial charge >= 0.3 is 12.3 Å². The summed E-state index contributed by atoms with van der Waals surface area (Å²) in [4.78, 5) is 34.0. The summed E-state index contributed by atoms with van der Waals surface area (Å²) in [7, 11) is 0. The van der Waals surface area contributed by atoms with E-state index in [2.05, 4.69) is 14.7 Å². The smallest absolute Gasteiger partial charge is 0.481 e. The molecule has 2 aromatic heterocycles. The van der Waals surface area contributed by atoms with E-state index in [0.717, 1.165) is 22.4 Å². The van der Waals surface area contributed by atoms with Crippen LogP contribution < -0.4 is 15.4 Å². The Balaban J connectivity index is 1.13. The molecule has 1 aliphatic rings. The Morgan fingerprint density at radius 1 is 0.900 bits per heavy atom. The minimum Gasteiger partial charge on any atom is -0.481 e. The second-order valence-electron chi connectivity index (χ2n) is 11.3. The zero-order chi connectivity index (χ0) is 35.5. The SMILES string of the molecule is Nc1ncnc2c1c(-c1ccc3c(c1)CCN3C(=O)Cc1cccc(OC(F)(F)F)c1)cn2CCOCCOCCOCCOCCC(=O)O. The average Bonchev–Trinajstić information content (AvgIpc) is 3.66. The van der Waals surface area contributed by atoms with Crippen LogP contribution in [0.15, 0.2) is 55.0 Å². The number of nitrogens with two attached hydrogens (primary N) is 1. The quantitative estimate of drug-likeness (QED) is 0.135. The number of ether oxygens (including phenoxy) is 5. The van der Waals surface area contributed by atoms with Crippen LogP contribution in [0.5, 0.6) is 5.75 Å². The Labute approximate surface area is 285 Å². The van der Waals surface area contributed by atoms with E-state index in [-0.39, 0.29) is 31.1 Å². The zero-order valence-corrected chi connectivity index (χ0v) is 27.2. The summed E-state index contributed by atoms with van der Waals surface area (Å²) in [6.07, 6.45) is -0.951. The lowest BCUT2D eigenvalue weighted by Crippen LogP contribution is -2.30. The molecule has 0 bridgehead atoms. The fourth-order valence-corrected chi connectivity index (χ4v) is 5.57. The Bertz CT molecular complexity index is 1770. The molecule has 2 aromatic carbocycles. The van der Waals surface area contributed by atoms with E-state index in [1.165, 1.54) is 24.5 Å². The fourth-order valence-electron chi connectivity index (χ4n) is 5.57. The third-order valence-electron chi connectivity index (χ3n) is 7.81. The number of nitrogen functional groups attached to an aromatic ring is 1. The van der Waals surface area contributed by atoms with Crippen molar-refractivity contribution in [1.82, 2.24) is 14.5 Å². The van der Waals surface area contributed by atoms with Crippen LogP contribution in [0.2, 0.25) is 0 Å². The summed E-state index contributed by atoms with van der Waals surface area (Å²) in [6, 6.07) is 11.2. The van der Waals surface area contributed by atoms with E-state index in [9.17, 15) is 22.8 Å². The van der Waals surface area contributed by atoms with Crippen LogP contribution >= 0.6 is 0 Å². The van der Waals surface area contributed by atoms with Gasteiger partial charge in [0.2, 0.25) is 5.91 Å². The van der Waals surface area contributed by atoms with Crippen molar-refractivity contribution in [2.24, 2.45) is 0 Å². The van der Waals surface area contributed by atoms with Crippen LogP contribution in [0.25, 0.3) is 22.2 Å². The molecule has 3 N–H and O–H groups in total. The number of anilines is 2. The van der Waals surface area contributed by atoms with Gasteiger partial charge < -0.3 is 44.0 Å². The number of hydrogen-bond acceptors (Lipinski definition) is 10. The molecule has 0 unspecified atom stereocenters. The van der Waals surface area contributed by atoms with Gasteiger partial charge in [-0.15, -0.1) is 13.2 Å². The molecule has 0 saturated heterocycles. The number of carbonyl (C=O) groups is 2. The number of aliphatic carboxylic acids is 1. The van der Waals surface area contributed by atoms with Gasteiger partial charge in [0.1, 0.15) is 23.5 Å². The molecule has 1 amide bonds. The zero-order valence-electron chi connectivity index (χ0n) is 27.2. The summed E-state index contributed by atoms with van der Waals surface area (Å²) in [6.45, 7) is 3.72. The lowest BCUT2D eigenvalue weighted by atomic mass is 10.0. The lowest BCUT2D eigenvalue weighted by molar-refractivity contribution is -0.274. The number of alkyl halides is 3. The first-order valence-corrected chi connectivity index (χ1v) is 16.0. The van der Waals surface area contributed by atoms with Gasteiger partial charge in [0.15, 0.2) is 0 Å². The highest BCUT2D eigenvalue weighted by atomic mass is 19.4. The third kappa shape index (κ3) is 10.1. The molecule has 13 nitrogen and oxygen atoms in total. The van der Waals surface area contributed by atoms with E-state index in [0.29, 0.717) is 88.2 Å². The Hall–Kier alpha value is -4.77. The minimum absolute atomic E-state index is 0.0369. The molecule has 3 heterocycles. The number of carboxylic acids is 1. The van der Waals surface area contributed by atoms with Crippen LogP contribution in [-0.2, 0) is 47.9 Å². The van der Waals surface area contributed by atoms with Crippen molar-refractivity contribution < 1.29 is 51.6 Å². The number of nitrogens with zero attached hydrogens (tertiary/aromatic N) is 4. The number of carboxylic acid groups (broad SMARTS) is 1. The maximum Gasteiger partial charge on any atom is 0.573 e. The Kier molecular flexibility index (Phi) is 12.6. The highest BCUT2D eigenvalue weighted by Crippen LogP contribution is 2.37. The molecule has 16 heteroatoms. The van der Waals surface area contributed by atoms with Crippen LogP contribution in [0.3, 0.4) is 0 Å². The number of aromatic nitrogens is 3. The van der Waals surface area contributed by atoms with Gasteiger partial charge in [0.25, 0.3) is 0 Å². The van der Waals surface area contributed by atoms with Crippen LogP contribution in [0.4, 0.5) is 24.7 Å². The van der Waals surface area contributed by atoms with Crippen molar-refractivity contribution in [1.29, 1.82) is 0 Å². The monoisotopic (exact) mass is 701 g/mol. The summed E-state index contributed by atoms with van der Waals surface area (Å²) in [5.74, 6) is -1.17. The lowest BCUT2D eigenvalue weighted by Gasteiger charge is -2.18. The van der Waals surface area contributed by atoms with E-state index in [1.807, 2.05) is 29.0 Å². The molecule has 0 spiro atoms. The predicted octanol–water partition coefficient (Wildman–Crippen LogP) is 4.25. The van der Waals surface area contributed by atoms with Gasteiger partial charge in [-0.25, -0.2) is 9.97 Å². The number of rotatable bonds is 19. The van der Waals surface area contributed by atoms with Gasteiger partial charge in [-0.3, -0.25) is 9.59 Å². The summed E-state index contributed by atoms with van der Waals surface area (Å²) in [5.41, 5.74) is 10.8. The first-order chi connectivity index (χ1) is 24.1. The Morgan fingerprint density at radius 3 is 2.30 bits per heavy atom. The molecule has 50 heavy (non-hydrogen) atoms. The topological polar surface area (TPSA) is 160 Å². The molecular weight excluding hydrogens is 663 g/mol. The maximum atomic E-state index is 13.2. The molecule has 0 atom stereocenters. The number of hydrogen-bond donors (Lipinski definition) is 2. The molecule has 5 rings (SSSR count). The largest absolute Gasteiger partial charge is 0.573 e. The molecule has 0 radical (unpaired) electrons. The molecule has 1 aliphatic heterocycles. The molecular formula is C34H38F3N5O8. The van der Waals surface area contributed by atoms with E-state index < -0.39 is 12.3 Å². The van der Waals surface area contributed by atoms with E-state index in [4.69, 9.17) is 29.8 Å². The third-order valence-corrected chi connectivity index (χ3v) is 7.81.